The van der Waals surface area contributed by atoms with Crippen molar-refractivity contribution < 1.29 is 0 Å². The molecular weight excluding hydrogens is 251 g/mol. The number of alkyl halides is 2. The van der Waals surface area contributed by atoms with Crippen molar-refractivity contribution in [2.75, 3.05) is 17.2 Å². The molecule has 0 radical (unpaired) electrons. The number of rotatable bonds is 3. The second-order valence-electron chi connectivity index (χ2n) is 3.76. The first-order valence-electron chi connectivity index (χ1n) is 4.64. The third kappa shape index (κ3) is 2.65. The average molecular weight is 263 g/mol. The highest BCUT2D eigenvalue weighted by atomic mass is 35.5. The molecule has 0 amide bonds. The van der Waals surface area contributed by atoms with E-state index in [9.17, 15) is 0 Å². The number of nitrogen functional groups attached to an aromatic ring is 2. The predicted molar refractivity (Wildman–Crippen MR) is 68.5 cm³/mol. The molecule has 0 bridgehead atoms. The number of nitrogens with two attached hydrogens (primary N) is 2. The number of anilines is 2. The molecule has 1 unspecified atom stereocenters. The van der Waals surface area contributed by atoms with Crippen LogP contribution in [-0.2, 0) is 0 Å². The van der Waals surface area contributed by atoms with Crippen molar-refractivity contribution in [3.05, 3.63) is 18.2 Å². The van der Waals surface area contributed by atoms with E-state index >= 15 is 0 Å². The highest BCUT2D eigenvalue weighted by Gasteiger charge is 2.51. The standard InChI is InChI=1S/C10H12Cl2N2S/c11-10(12)4-6(10)5-15-7-1-2-8(13)9(14)3-7/h1-3,6H,4-5,13-14H2. The predicted octanol–water partition coefficient (Wildman–Crippen LogP) is 3.14. The van der Waals surface area contributed by atoms with Crippen LogP contribution in [0.1, 0.15) is 6.42 Å². The van der Waals surface area contributed by atoms with Crippen molar-refractivity contribution in [2.45, 2.75) is 15.6 Å². The van der Waals surface area contributed by atoms with Crippen LogP contribution in [0.25, 0.3) is 0 Å². The van der Waals surface area contributed by atoms with Gasteiger partial charge in [0.05, 0.1) is 11.4 Å². The molecule has 2 nitrogen and oxygen atoms in total. The fourth-order valence-electron chi connectivity index (χ4n) is 1.29. The highest BCUT2D eigenvalue weighted by Crippen LogP contribution is 2.54. The van der Waals surface area contributed by atoms with Gasteiger partial charge >= 0.3 is 0 Å². The van der Waals surface area contributed by atoms with E-state index in [0.717, 1.165) is 17.1 Å². The first-order valence-corrected chi connectivity index (χ1v) is 6.39. The molecule has 1 atom stereocenters. The van der Waals surface area contributed by atoms with Crippen LogP contribution in [0, 0.1) is 5.92 Å². The normalized spacial score (nSPS) is 22.7. The molecule has 4 N–H and O–H groups in total. The van der Waals surface area contributed by atoms with E-state index in [-0.39, 0.29) is 0 Å². The molecular formula is C10H12Cl2N2S. The molecule has 0 heterocycles. The summed E-state index contributed by atoms with van der Waals surface area (Å²) in [5.41, 5.74) is 12.6. The quantitative estimate of drug-likeness (QED) is 0.500. The van der Waals surface area contributed by atoms with E-state index in [0.29, 0.717) is 17.3 Å². The topological polar surface area (TPSA) is 52.0 Å². The van der Waals surface area contributed by atoms with E-state index < -0.39 is 4.33 Å². The van der Waals surface area contributed by atoms with Crippen LogP contribution in [0.4, 0.5) is 11.4 Å². The maximum absolute atomic E-state index is 5.94. The van der Waals surface area contributed by atoms with Crippen LogP contribution in [-0.4, -0.2) is 10.1 Å². The van der Waals surface area contributed by atoms with Gasteiger partial charge in [-0.15, -0.1) is 35.0 Å². The Morgan fingerprint density at radius 1 is 1.33 bits per heavy atom. The zero-order valence-electron chi connectivity index (χ0n) is 8.04. The summed E-state index contributed by atoms with van der Waals surface area (Å²) in [6.07, 6.45) is 0.883. The molecule has 0 aromatic heterocycles. The Morgan fingerprint density at radius 3 is 2.53 bits per heavy atom. The molecule has 2 rings (SSSR count). The summed E-state index contributed by atoms with van der Waals surface area (Å²) in [5.74, 6) is 1.32. The SMILES string of the molecule is Nc1ccc(SCC2CC2(Cl)Cl)cc1N. The second kappa shape index (κ2) is 3.96. The lowest BCUT2D eigenvalue weighted by Gasteiger charge is -2.04. The van der Waals surface area contributed by atoms with Crippen LogP contribution in [0.15, 0.2) is 23.1 Å². The molecule has 1 aromatic rings. The molecule has 5 heteroatoms. The van der Waals surface area contributed by atoms with E-state index in [1.807, 2.05) is 18.2 Å². The van der Waals surface area contributed by atoms with E-state index in [4.69, 9.17) is 34.7 Å². The summed E-state index contributed by atoms with van der Waals surface area (Å²) in [6.45, 7) is 0. The fraction of sp³-hybridized carbons (Fsp3) is 0.400. The Morgan fingerprint density at radius 2 is 2.00 bits per heavy atom. The maximum Gasteiger partial charge on any atom is 0.122 e. The van der Waals surface area contributed by atoms with Crippen LogP contribution >= 0.6 is 35.0 Å². The molecule has 15 heavy (non-hydrogen) atoms. The highest BCUT2D eigenvalue weighted by molar-refractivity contribution is 7.99. The van der Waals surface area contributed by atoms with Crippen molar-refractivity contribution in [3.8, 4) is 0 Å². The Labute approximate surface area is 103 Å². The summed E-state index contributed by atoms with van der Waals surface area (Å²) in [7, 11) is 0. The van der Waals surface area contributed by atoms with Gasteiger partial charge in [-0.25, -0.2) is 0 Å². The maximum atomic E-state index is 5.94. The molecule has 1 aliphatic carbocycles. The van der Waals surface area contributed by atoms with Crippen molar-refractivity contribution in [1.82, 2.24) is 0 Å². The van der Waals surface area contributed by atoms with Gasteiger partial charge in [-0.3, -0.25) is 0 Å². The van der Waals surface area contributed by atoms with Crippen LogP contribution in [0.3, 0.4) is 0 Å². The van der Waals surface area contributed by atoms with Crippen LogP contribution in [0.5, 0.6) is 0 Å². The van der Waals surface area contributed by atoms with Crippen molar-refractivity contribution in [1.29, 1.82) is 0 Å². The summed E-state index contributed by atoms with van der Waals surface area (Å²) in [5, 5.41) is 0. The summed E-state index contributed by atoms with van der Waals surface area (Å²) in [4.78, 5) is 1.11. The largest absolute Gasteiger partial charge is 0.397 e. The van der Waals surface area contributed by atoms with Gasteiger partial charge < -0.3 is 11.5 Å². The first kappa shape index (κ1) is 11.2. The van der Waals surface area contributed by atoms with Gasteiger partial charge in [-0.05, 0) is 24.6 Å². The van der Waals surface area contributed by atoms with Crippen molar-refractivity contribution in [3.63, 3.8) is 0 Å². The molecule has 0 saturated heterocycles. The summed E-state index contributed by atoms with van der Waals surface area (Å²) >= 11 is 13.6. The van der Waals surface area contributed by atoms with Gasteiger partial charge in [0, 0.05) is 16.6 Å². The van der Waals surface area contributed by atoms with E-state index in [1.54, 1.807) is 11.8 Å². The molecule has 82 valence electrons. The number of hydrogen-bond donors (Lipinski definition) is 2. The average Bonchev–Trinajstić information content (AvgIpc) is 2.77. The van der Waals surface area contributed by atoms with Gasteiger partial charge in [0.15, 0.2) is 0 Å². The first-order chi connectivity index (χ1) is 6.99. The zero-order chi connectivity index (χ0) is 11.1. The summed E-state index contributed by atoms with van der Waals surface area (Å²) in [6, 6.07) is 5.66. The molecule has 0 aliphatic heterocycles. The third-order valence-electron chi connectivity index (χ3n) is 2.47. The van der Waals surface area contributed by atoms with Gasteiger partial charge in [0.25, 0.3) is 0 Å². The number of benzene rings is 1. The third-order valence-corrected chi connectivity index (χ3v) is 4.55. The number of halogens is 2. The lowest BCUT2D eigenvalue weighted by Crippen LogP contribution is -1.95. The number of thioether (sulfide) groups is 1. The minimum atomic E-state index is -0.494. The fourth-order valence-corrected chi connectivity index (χ4v) is 3.17. The zero-order valence-corrected chi connectivity index (χ0v) is 10.4. The van der Waals surface area contributed by atoms with Gasteiger partial charge in [0.1, 0.15) is 4.33 Å². The molecule has 1 aromatic carbocycles. The van der Waals surface area contributed by atoms with Gasteiger partial charge in [0.2, 0.25) is 0 Å². The summed E-state index contributed by atoms with van der Waals surface area (Å²) < 4.78 is -0.494. The Hall–Kier alpha value is -0.250. The molecule has 1 aliphatic rings. The van der Waals surface area contributed by atoms with Crippen molar-refractivity contribution >= 4 is 46.3 Å². The Balaban J connectivity index is 1.92. The smallest absolute Gasteiger partial charge is 0.122 e. The van der Waals surface area contributed by atoms with E-state index in [2.05, 4.69) is 0 Å². The Bertz CT molecular complexity index is 382. The lowest BCUT2D eigenvalue weighted by atomic mass is 10.3. The minimum Gasteiger partial charge on any atom is -0.397 e. The lowest BCUT2D eigenvalue weighted by molar-refractivity contribution is 0.979. The second-order valence-corrected chi connectivity index (χ2v) is 6.40. The molecule has 1 saturated carbocycles. The van der Waals surface area contributed by atoms with Crippen LogP contribution in [0.2, 0.25) is 0 Å². The van der Waals surface area contributed by atoms with Crippen molar-refractivity contribution in [2.24, 2.45) is 5.92 Å². The minimum absolute atomic E-state index is 0.393. The van der Waals surface area contributed by atoms with Gasteiger partial charge in [-0.2, -0.15) is 0 Å². The molecule has 0 spiro atoms. The molecule has 1 fully saturated rings. The Kier molecular flexibility index (Phi) is 2.97. The van der Waals surface area contributed by atoms with E-state index in [1.165, 1.54) is 0 Å². The van der Waals surface area contributed by atoms with Gasteiger partial charge in [-0.1, -0.05) is 0 Å². The number of hydrogen-bond acceptors (Lipinski definition) is 3. The monoisotopic (exact) mass is 262 g/mol. The van der Waals surface area contributed by atoms with Crippen LogP contribution < -0.4 is 11.5 Å².